The Kier molecular flexibility index (Phi) is 3.91. The zero-order chi connectivity index (χ0) is 11.2. The highest BCUT2D eigenvalue weighted by Gasteiger charge is 1.94. The van der Waals surface area contributed by atoms with Gasteiger partial charge in [0.1, 0.15) is 5.82 Å². The normalized spacial score (nSPS) is 10.1. The Morgan fingerprint density at radius 2 is 1.94 bits per heavy atom. The molecule has 0 bridgehead atoms. The van der Waals surface area contributed by atoms with Gasteiger partial charge in [-0.05, 0) is 33.6 Å². The molecule has 0 saturated carbocycles. The van der Waals surface area contributed by atoms with E-state index in [1.165, 1.54) is 0 Å². The monoisotopic (exact) mass is 278 g/mol. The molecule has 0 spiro atoms. The lowest BCUT2D eigenvalue weighted by molar-refractivity contribution is 0.179. The summed E-state index contributed by atoms with van der Waals surface area (Å²) in [7, 11) is 0. The van der Waals surface area contributed by atoms with Gasteiger partial charge in [0, 0.05) is 10.7 Å². The summed E-state index contributed by atoms with van der Waals surface area (Å²) < 4.78 is 0.945. The number of benzene rings is 1. The van der Waals surface area contributed by atoms with Gasteiger partial charge in [0.25, 0.3) is 0 Å². The van der Waals surface area contributed by atoms with Crippen LogP contribution in [0.1, 0.15) is 5.56 Å². The van der Waals surface area contributed by atoms with Crippen molar-refractivity contribution in [2.24, 2.45) is 0 Å². The lowest BCUT2D eigenvalue weighted by atomic mass is 10.2. The number of hydrogen-bond donors (Lipinski definition) is 1. The van der Waals surface area contributed by atoms with E-state index in [1.807, 2.05) is 42.5 Å². The van der Waals surface area contributed by atoms with E-state index >= 15 is 0 Å². The highest BCUT2D eigenvalue weighted by Crippen LogP contribution is 2.10. The number of pyridine rings is 1. The molecular formula is C12H11BrN2O. The Labute approximate surface area is 103 Å². The third kappa shape index (κ3) is 3.32. The number of hydrogen-bond acceptors (Lipinski definition) is 3. The third-order valence-electron chi connectivity index (χ3n) is 1.99. The average molecular weight is 279 g/mol. The van der Waals surface area contributed by atoms with Gasteiger partial charge in [-0.25, -0.2) is 10.5 Å². The molecule has 4 heteroatoms. The maximum Gasteiger partial charge on any atom is 0.149 e. The average Bonchev–Trinajstić information content (AvgIpc) is 2.33. The first kappa shape index (κ1) is 11.1. The summed E-state index contributed by atoms with van der Waals surface area (Å²) in [5, 5.41) is 0. The van der Waals surface area contributed by atoms with Crippen LogP contribution in [0.3, 0.4) is 0 Å². The molecule has 0 amide bonds. The maximum atomic E-state index is 5.32. The Hall–Kier alpha value is -1.39. The Bertz CT molecular complexity index is 431. The van der Waals surface area contributed by atoms with E-state index in [1.54, 1.807) is 6.20 Å². The van der Waals surface area contributed by atoms with Gasteiger partial charge < -0.3 is 0 Å². The van der Waals surface area contributed by atoms with E-state index in [-0.39, 0.29) is 0 Å². The summed E-state index contributed by atoms with van der Waals surface area (Å²) in [5.41, 5.74) is 3.91. The molecular weight excluding hydrogens is 268 g/mol. The van der Waals surface area contributed by atoms with E-state index in [9.17, 15) is 0 Å². The summed E-state index contributed by atoms with van der Waals surface area (Å²) in [4.78, 5) is 9.44. The van der Waals surface area contributed by atoms with E-state index in [0.717, 1.165) is 10.0 Å². The van der Waals surface area contributed by atoms with Crippen LogP contribution in [0, 0.1) is 0 Å². The molecule has 0 aliphatic rings. The second kappa shape index (κ2) is 5.63. The molecule has 3 nitrogen and oxygen atoms in total. The van der Waals surface area contributed by atoms with Crippen molar-refractivity contribution in [2.45, 2.75) is 6.61 Å². The van der Waals surface area contributed by atoms with Crippen molar-refractivity contribution < 1.29 is 4.84 Å². The first-order valence-electron chi connectivity index (χ1n) is 4.88. The maximum absolute atomic E-state index is 5.32. The van der Waals surface area contributed by atoms with Crippen molar-refractivity contribution in [2.75, 3.05) is 5.48 Å². The van der Waals surface area contributed by atoms with Crippen molar-refractivity contribution >= 4 is 21.7 Å². The minimum atomic E-state index is 0.512. The van der Waals surface area contributed by atoms with Gasteiger partial charge in [0.15, 0.2) is 0 Å². The number of nitrogens with zero attached hydrogens (tertiary/aromatic N) is 1. The molecule has 1 N–H and O–H groups in total. The van der Waals surface area contributed by atoms with Crippen LogP contribution in [-0.2, 0) is 11.4 Å². The van der Waals surface area contributed by atoms with E-state index in [4.69, 9.17) is 4.84 Å². The molecule has 0 atom stereocenters. The molecule has 1 aromatic heterocycles. The highest BCUT2D eigenvalue weighted by molar-refractivity contribution is 9.10. The highest BCUT2D eigenvalue weighted by atomic mass is 79.9. The van der Waals surface area contributed by atoms with Gasteiger partial charge in [-0.15, -0.1) is 0 Å². The van der Waals surface area contributed by atoms with Gasteiger partial charge >= 0.3 is 0 Å². The Morgan fingerprint density at radius 1 is 1.12 bits per heavy atom. The molecule has 0 radical (unpaired) electrons. The van der Waals surface area contributed by atoms with E-state index in [0.29, 0.717) is 12.4 Å². The van der Waals surface area contributed by atoms with Crippen LogP contribution in [0.15, 0.2) is 53.1 Å². The van der Waals surface area contributed by atoms with E-state index < -0.39 is 0 Å². The van der Waals surface area contributed by atoms with Gasteiger partial charge in [-0.1, -0.05) is 30.3 Å². The van der Waals surface area contributed by atoms with Crippen LogP contribution in [0.5, 0.6) is 0 Å². The summed E-state index contributed by atoms with van der Waals surface area (Å²) in [5.74, 6) is 0.694. The quantitative estimate of drug-likeness (QED) is 0.871. The Morgan fingerprint density at radius 3 is 2.62 bits per heavy atom. The van der Waals surface area contributed by atoms with Gasteiger partial charge in [-0.2, -0.15) is 0 Å². The van der Waals surface area contributed by atoms with Crippen LogP contribution in [-0.4, -0.2) is 4.98 Å². The first-order valence-corrected chi connectivity index (χ1v) is 5.67. The van der Waals surface area contributed by atoms with Crippen LogP contribution in [0.4, 0.5) is 5.82 Å². The van der Waals surface area contributed by atoms with Gasteiger partial charge in [0.2, 0.25) is 0 Å². The molecule has 0 aliphatic carbocycles. The molecule has 0 saturated heterocycles. The minimum Gasteiger partial charge on any atom is -0.270 e. The predicted molar refractivity (Wildman–Crippen MR) is 66.8 cm³/mol. The van der Waals surface area contributed by atoms with Gasteiger partial charge in [0.05, 0.1) is 6.61 Å². The number of anilines is 1. The summed E-state index contributed by atoms with van der Waals surface area (Å²) in [6.45, 7) is 0.512. The molecule has 0 unspecified atom stereocenters. The molecule has 1 heterocycles. The predicted octanol–water partition coefficient (Wildman–Crippen LogP) is 3.39. The first-order chi connectivity index (χ1) is 7.84. The third-order valence-corrected chi connectivity index (χ3v) is 2.45. The molecule has 16 heavy (non-hydrogen) atoms. The van der Waals surface area contributed by atoms with Crippen LogP contribution >= 0.6 is 15.9 Å². The molecule has 2 aromatic rings. The summed E-state index contributed by atoms with van der Waals surface area (Å²) >= 11 is 3.32. The fourth-order valence-electron chi connectivity index (χ4n) is 1.20. The van der Waals surface area contributed by atoms with E-state index in [2.05, 4.69) is 26.4 Å². The minimum absolute atomic E-state index is 0.512. The topological polar surface area (TPSA) is 34.1 Å². The second-order valence-corrected chi connectivity index (χ2v) is 4.15. The molecule has 1 aromatic carbocycles. The molecule has 2 rings (SSSR count). The molecule has 0 aliphatic heterocycles. The lowest BCUT2D eigenvalue weighted by Gasteiger charge is -2.05. The summed E-state index contributed by atoms with van der Waals surface area (Å²) in [6.07, 6.45) is 1.72. The second-order valence-electron chi connectivity index (χ2n) is 3.24. The van der Waals surface area contributed by atoms with Crippen molar-refractivity contribution in [3.8, 4) is 0 Å². The van der Waals surface area contributed by atoms with Crippen LogP contribution in [0.2, 0.25) is 0 Å². The molecule has 82 valence electrons. The lowest BCUT2D eigenvalue weighted by Crippen LogP contribution is -2.02. The number of aromatic nitrogens is 1. The van der Waals surface area contributed by atoms with Gasteiger partial charge in [-0.3, -0.25) is 4.84 Å². The fourth-order valence-corrected chi connectivity index (χ4v) is 1.44. The Balaban J connectivity index is 1.82. The smallest absolute Gasteiger partial charge is 0.149 e. The van der Waals surface area contributed by atoms with Crippen molar-refractivity contribution in [1.82, 2.24) is 4.98 Å². The number of halogens is 1. The number of nitrogens with one attached hydrogen (secondary N) is 1. The largest absolute Gasteiger partial charge is 0.270 e. The standard InChI is InChI=1S/C12H11BrN2O/c13-11-6-7-12(14-8-11)15-16-9-10-4-2-1-3-5-10/h1-8H,9H2,(H,14,15). The summed E-state index contributed by atoms with van der Waals surface area (Å²) in [6, 6.07) is 13.7. The van der Waals surface area contributed by atoms with Crippen molar-refractivity contribution in [3.63, 3.8) is 0 Å². The number of rotatable bonds is 4. The van der Waals surface area contributed by atoms with Crippen LogP contribution in [0.25, 0.3) is 0 Å². The van der Waals surface area contributed by atoms with Crippen molar-refractivity contribution in [3.05, 3.63) is 58.7 Å². The van der Waals surface area contributed by atoms with Crippen molar-refractivity contribution in [1.29, 1.82) is 0 Å². The SMILES string of the molecule is Brc1ccc(NOCc2ccccc2)nc1. The van der Waals surface area contributed by atoms with Crippen LogP contribution < -0.4 is 5.48 Å². The zero-order valence-electron chi connectivity index (χ0n) is 8.56. The molecule has 0 fully saturated rings. The fraction of sp³-hybridized carbons (Fsp3) is 0.0833. The zero-order valence-corrected chi connectivity index (χ0v) is 10.1.